The molecule has 2 fully saturated rings. The third-order valence-corrected chi connectivity index (χ3v) is 5.30. The van der Waals surface area contributed by atoms with Crippen LogP contribution in [0.3, 0.4) is 0 Å². The molecule has 7 heteroatoms. The molecule has 1 atom stereocenters. The highest BCUT2D eigenvalue weighted by molar-refractivity contribution is 5.95. The van der Waals surface area contributed by atoms with Gasteiger partial charge in [-0.3, -0.25) is 14.4 Å². The lowest BCUT2D eigenvalue weighted by atomic mass is 10.1. The van der Waals surface area contributed by atoms with Crippen LogP contribution in [0.15, 0.2) is 47.1 Å². The number of furan rings is 1. The van der Waals surface area contributed by atoms with E-state index in [0.717, 1.165) is 24.2 Å². The van der Waals surface area contributed by atoms with Crippen molar-refractivity contribution in [3.05, 3.63) is 54.0 Å². The Morgan fingerprint density at radius 2 is 1.96 bits per heavy atom. The molecule has 0 radical (unpaired) electrons. The molecule has 1 N–H and O–H groups in total. The second-order valence-electron chi connectivity index (χ2n) is 7.29. The average Bonchev–Trinajstić information content (AvgIpc) is 3.43. The zero-order valence-corrected chi connectivity index (χ0v) is 15.6. The van der Waals surface area contributed by atoms with Crippen molar-refractivity contribution in [3.8, 4) is 0 Å². The van der Waals surface area contributed by atoms with Crippen molar-refractivity contribution >= 4 is 23.4 Å². The maximum atomic E-state index is 12.5. The maximum Gasteiger partial charge on any atom is 0.227 e. The molecular weight excluding hydrogens is 358 g/mol. The van der Waals surface area contributed by atoms with Crippen LogP contribution >= 0.6 is 0 Å². The van der Waals surface area contributed by atoms with E-state index >= 15 is 0 Å². The third-order valence-electron chi connectivity index (χ3n) is 5.30. The first-order valence-electron chi connectivity index (χ1n) is 9.57. The Balaban J connectivity index is 1.28. The highest BCUT2D eigenvalue weighted by Crippen LogP contribution is 2.23. The molecule has 4 rings (SSSR count). The van der Waals surface area contributed by atoms with Gasteiger partial charge in [0.2, 0.25) is 17.7 Å². The SMILES string of the molecule is O=C(NCc1ccc(N2CCCC2=O)cc1)C1CC(=O)N(Cc2ccco2)C1. The molecule has 1 unspecified atom stereocenters. The molecule has 2 aliphatic heterocycles. The molecule has 0 aliphatic carbocycles. The van der Waals surface area contributed by atoms with Gasteiger partial charge in [0.05, 0.1) is 18.7 Å². The molecule has 3 heterocycles. The van der Waals surface area contributed by atoms with Crippen molar-refractivity contribution in [2.24, 2.45) is 5.92 Å². The Labute approximate surface area is 163 Å². The van der Waals surface area contributed by atoms with Crippen LogP contribution in [0.5, 0.6) is 0 Å². The molecule has 0 spiro atoms. The normalized spacial score (nSPS) is 19.5. The van der Waals surface area contributed by atoms with Crippen molar-refractivity contribution in [1.29, 1.82) is 0 Å². The van der Waals surface area contributed by atoms with Crippen molar-refractivity contribution in [2.75, 3.05) is 18.0 Å². The molecule has 1 aromatic heterocycles. The van der Waals surface area contributed by atoms with Crippen LogP contribution in [0.1, 0.15) is 30.6 Å². The fourth-order valence-corrected chi connectivity index (χ4v) is 3.74. The van der Waals surface area contributed by atoms with Gasteiger partial charge in [-0.2, -0.15) is 0 Å². The summed E-state index contributed by atoms with van der Waals surface area (Å²) < 4.78 is 5.28. The average molecular weight is 381 g/mol. The van der Waals surface area contributed by atoms with E-state index < -0.39 is 0 Å². The monoisotopic (exact) mass is 381 g/mol. The molecule has 28 heavy (non-hydrogen) atoms. The number of likely N-dealkylation sites (tertiary alicyclic amines) is 1. The Bertz CT molecular complexity index is 860. The summed E-state index contributed by atoms with van der Waals surface area (Å²) in [6.07, 6.45) is 3.30. The summed E-state index contributed by atoms with van der Waals surface area (Å²) in [5, 5.41) is 2.92. The van der Waals surface area contributed by atoms with E-state index in [1.54, 1.807) is 22.1 Å². The van der Waals surface area contributed by atoms with E-state index in [-0.39, 0.29) is 30.1 Å². The van der Waals surface area contributed by atoms with Gasteiger partial charge in [0.1, 0.15) is 5.76 Å². The molecule has 146 valence electrons. The lowest BCUT2D eigenvalue weighted by Crippen LogP contribution is -2.32. The molecular formula is C21H23N3O4. The number of nitrogens with one attached hydrogen (secondary N) is 1. The highest BCUT2D eigenvalue weighted by Gasteiger charge is 2.34. The highest BCUT2D eigenvalue weighted by atomic mass is 16.3. The van der Waals surface area contributed by atoms with E-state index in [4.69, 9.17) is 4.42 Å². The van der Waals surface area contributed by atoms with Gasteiger partial charge < -0.3 is 19.5 Å². The number of nitrogens with zero attached hydrogens (tertiary/aromatic N) is 2. The van der Waals surface area contributed by atoms with Crippen LogP contribution in [0.4, 0.5) is 5.69 Å². The third kappa shape index (κ3) is 3.93. The van der Waals surface area contributed by atoms with E-state index in [1.807, 2.05) is 30.3 Å². The molecule has 0 bridgehead atoms. The van der Waals surface area contributed by atoms with Gasteiger partial charge in [0, 0.05) is 38.2 Å². The summed E-state index contributed by atoms with van der Waals surface area (Å²) >= 11 is 0. The van der Waals surface area contributed by atoms with Gasteiger partial charge in [-0.1, -0.05) is 12.1 Å². The Hall–Kier alpha value is -3.09. The van der Waals surface area contributed by atoms with Crippen LogP contribution in [0.25, 0.3) is 0 Å². The molecule has 1 aromatic carbocycles. The van der Waals surface area contributed by atoms with Crippen LogP contribution in [-0.2, 0) is 27.5 Å². The van der Waals surface area contributed by atoms with Gasteiger partial charge in [-0.25, -0.2) is 0 Å². The summed E-state index contributed by atoms with van der Waals surface area (Å²) in [7, 11) is 0. The first-order valence-corrected chi connectivity index (χ1v) is 9.57. The summed E-state index contributed by atoms with van der Waals surface area (Å²) in [6.45, 7) is 1.96. The number of carbonyl (C=O) groups excluding carboxylic acids is 3. The molecule has 2 aromatic rings. The quantitative estimate of drug-likeness (QED) is 0.830. The number of anilines is 1. The van der Waals surface area contributed by atoms with Crippen LogP contribution in [-0.4, -0.2) is 35.7 Å². The van der Waals surface area contributed by atoms with Gasteiger partial charge in [-0.15, -0.1) is 0 Å². The van der Waals surface area contributed by atoms with E-state index in [1.165, 1.54) is 0 Å². The smallest absolute Gasteiger partial charge is 0.227 e. The first kappa shape index (κ1) is 18.3. The molecule has 3 amide bonds. The Kier molecular flexibility index (Phi) is 5.14. The summed E-state index contributed by atoms with van der Waals surface area (Å²) in [4.78, 5) is 39.9. The predicted molar refractivity (Wildman–Crippen MR) is 102 cm³/mol. The lowest BCUT2D eigenvalue weighted by molar-refractivity contribution is -0.129. The standard InChI is InChI=1S/C21H23N3O4/c25-19-4-1-9-24(19)17-7-5-15(6-8-17)12-22-21(27)16-11-20(26)23(13-16)14-18-3-2-10-28-18/h2-3,5-8,10,16H,1,4,9,11-14H2,(H,22,27). The number of hydrogen-bond acceptors (Lipinski definition) is 4. The number of hydrogen-bond donors (Lipinski definition) is 1. The van der Waals surface area contributed by atoms with Crippen molar-refractivity contribution in [1.82, 2.24) is 10.2 Å². The minimum atomic E-state index is -0.344. The van der Waals surface area contributed by atoms with Gasteiger partial charge >= 0.3 is 0 Å². The topological polar surface area (TPSA) is 82.9 Å². The number of benzene rings is 1. The van der Waals surface area contributed by atoms with Gasteiger partial charge in [-0.05, 0) is 36.2 Å². The van der Waals surface area contributed by atoms with Crippen LogP contribution in [0, 0.1) is 5.92 Å². The molecule has 2 aliphatic rings. The summed E-state index contributed by atoms with van der Waals surface area (Å²) in [5.41, 5.74) is 1.85. The fraction of sp³-hybridized carbons (Fsp3) is 0.381. The van der Waals surface area contributed by atoms with Gasteiger partial charge in [0.25, 0.3) is 0 Å². The maximum absolute atomic E-state index is 12.5. The second kappa shape index (κ2) is 7.88. The van der Waals surface area contributed by atoms with E-state index in [2.05, 4.69) is 5.32 Å². The number of rotatable bonds is 6. The molecule has 7 nitrogen and oxygen atoms in total. The van der Waals surface area contributed by atoms with E-state index in [0.29, 0.717) is 31.8 Å². The largest absolute Gasteiger partial charge is 0.467 e. The Morgan fingerprint density at radius 3 is 2.64 bits per heavy atom. The fourth-order valence-electron chi connectivity index (χ4n) is 3.74. The van der Waals surface area contributed by atoms with Gasteiger partial charge in [0.15, 0.2) is 0 Å². The van der Waals surface area contributed by atoms with Crippen molar-refractivity contribution in [2.45, 2.75) is 32.4 Å². The lowest BCUT2D eigenvalue weighted by Gasteiger charge is -2.16. The summed E-state index contributed by atoms with van der Waals surface area (Å²) in [5.74, 6) is 0.381. The predicted octanol–water partition coefficient (Wildman–Crippen LogP) is 2.07. The number of carbonyl (C=O) groups is 3. The van der Waals surface area contributed by atoms with Crippen molar-refractivity contribution in [3.63, 3.8) is 0 Å². The first-order chi connectivity index (χ1) is 13.6. The van der Waals surface area contributed by atoms with Crippen LogP contribution in [0.2, 0.25) is 0 Å². The summed E-state index contributed by atoms with van der Waals surface area (Å²) in [6, 6.07) is 11.3. The second-order valence-corrected chi connectivity index (χ2v) is 7.29. The Morgan fingerprint density at radius 1 is 1.14 bits per heavy atom. The number of amides is 3. The minimum Gasteiger partial charge on any atom is -0.467 e. The molecule has 0 saturated carbocycles. The van der Waals surface area contributed by atoms with E-state index in [9.17, 15) is 14.4 Å². The zero-order chi connectivity index (χ0) is 19.5. The van der Waals surface area contributed by atoms with Crippen molar-refractivity contribution < 1.29 is 18.8 Å². The zero-order valence-electron chi connectivity index (χ0n) is 15.6. The van der Waals surface area contributed by atoms with Crippen LogP contribution < -0.4 is 10.2 Å². The molecule has 2 saturated heterocycles. The minimum absolute atomic E-state index is 0.0313.